The SMILES string of the molecule is CCN1C(=O)/C(=C2\Sc3ccccc3N2CC)SC1=Nc1ccc(C)cc1. The van der Waals surface area contributed by atoms with Crippen molar-refractivity contribution in [2.75, 3.05) is 18.0 Å². The van der Waals surface area contributed by atoms with Crippen molar-refractivity contribution in [2.45, 2.75) is 25.7 Å². The summed E-state index contributed by atoms with van der Waals surface area (Å²) in [5.41, 5.74) is 3.24. The molecule has 0 radical (unpaired) electrons. The smallest absolute Gasteiger partial charge is 0.269 e. The van der Waals surface area contributed by atoms with E-state index >= 15 is 0 Å². The average Bonchev–Trinajstić information content (AvgIpc) is 3.20. The summed E-state index contributed by atoms with van der Waals surface area (Å²) in [6.45, 7) is 7.60. The molecule has 138 valence electrons. The molecule has 0 saturated carbocycles. The summed E-state index contributed by atoms with van der Waals surface area (Å²) in [7, 11) is 0. The number of rotatable bonds is 3. The van der Waals surface area contributed by atoms with E-state index in [1.807, 2.05) is 43.3 Å². The van der Waals surface area contributed by atoms with Crippen LogP contribution in [0.3, 0.4) is 0 Å². The molecular formula is C21H21N3OS2. The van der Waals surface area contributed by atoms with Crippen molar-refractivity contribution >= 4 is 46.0 Å². The van der Waals surface area contributed by atoms with Crippen LogP contribution in [-0.4, -0.2) is 29.1 Å². The van der Waals surface area contributed by atoms with Crippen molar-refractivity contribution in [3.8, 4) is 0 Å². The van der Waals surface area contributed by atoms with Crippen LogP contribution in [-0.2, 0) is 4.79 Å². The van der Waals surface area contributed by atoms with Gasteiger partial charge in [0.25, 0.3) is 5.91 Å². The number of likely N-dealkylation sites (N-methyl/N-ethyl adjacent to an activating group) is 1. The van der Waals surface area contributed by atoms with E-state index in [1.165, 1.54) is 27.9 Å². The van der Waals surface area contributed by atoms with Crippen LogP contribution in [0.2, 0.25) is 0 Å². The third kappa shape index (κ3) is 3.28. The maximum Gasteiger partial charge on any atom is 0.269 e. The lowest BCUT2D eigenvalue weighted by Gasteiger charge is -2.19. The molecule has 0 aromatic heterocycles. The van der Waals surface area contributed by atoms with E-state index in [2.05, 4.69) is 30.9 Å². The third-order valence-corrected chi connectivity index (χ3v) is 6.94. The Morgan fingerprint density at radius 2 is 1.63 bits per heavy atom. The first-order chi connectivity index (χ1) is 13.1. The highest BCUT2D eigenvalue weighted by Gasteiger charge is 2.38. The first kappa shape index (κ1) is 18.2. The van der Waals surface area contributed by atoms with Gasteiger partial charge in [0.2, 0.25) is 0 Å². The summed E-state index contributed by atoms with van der Waals surface area (Å²) < 4.78 is 0. The van der Waals surface area contributed by atoms with E-state index in [1.54, 1.807) is 16.7 Å². The number of nitrogens with zero attached hydrogens (tertiary/aromatic N) is 3. The second-order valence-corrected chi connectivity index (χ2v) is 8.34. The number of amides is 1. The van der Waals surface area contributed by atoms with Gasteiger partial charge in [0.1, 0.15) is 9.93 Å². The van der Waals surface area contributed by atoms with Gasteiger partial charge in [-0.05, 0) is 56.8 Å². The van der Waals surface area contributed by atoms with Gasteiger partial charge in [0.05, 0.1) is 11.4 Å². The summed E-state index contributed by atoms with van der Waals surface area (Å²) in [6, 6.07) is 16.4. The Balaban J connectivity index is 1.74. The zero-order valence-electron chi connectivity index (χ0n) is 15.6. The van der Waals surface area contributed by atoms with Crippen molar-refractivity contribution in [1.29, 1.82) is 0 Å². The lowest BCUT2D eigenvalue weighted by molar-refractivity contribution is -0.122. The van der Waals surface area contributed by atoms with E-state index in [0.717, 1.165) is 27.3 Å². The number of benzene rings is 2. The Labute approximate surface area is 168 Å². The minimum absolute atomic E-state index is 0.0436. The van der Waals surface area contributed by atoms with Gasteiger partial charge in [-0.3, -0.25) is 9.69 Å². The molecule has 0 N–H and O–H groups in total. The number of amidine groups is 1. The molecule has 4 nitrogen and oxygen atoms in total. The summed E-state index contributed by atoms with van der Waals surface area (Å²) in [5.74, 6) is 0.0436. The van der Waals surface area contributed by atoms with E-state index in [4.69, 9.17) is 4.99 Å². The summed E-state index contributed by atoms with van der Waals surface area (Å²) >= 11 is 3.16. The number of aryl methyl sites for hydroxylation is 1. The molecule has 27 heavy (non-hydrogen) atoms. The minimum Gasteiger partial charge on any atom is -0.334 e. The molecule has 4 rings (SSSR count). The predicted molar refractivity (Wildman–Crippen MR) is 116 cm³/mol. The van der Waals surface area contributed by atoms with Gasteiger partial charge < -0.3 is 4.90 Å². The standard InChI is InChI=1S/C21H21N3OS2/c1-4-23-16-8-6-7-9-17(16)26-20(23)18-19(25)24(5-2)21(27-18)22-15-12-10-14(3)11-13-15/h6-13H,4-5H2,1-3H3/b20-18+,22-21?. The number of anilines is 1. The lowest BCUT2D eigenvalue weighted by atomic mass is 10.2. The van der Waals surface area contributed by atoms with E-state index in [0.29, 0.717) is 6.54 Å². The first-order valence-corrected chi connectivity index (χ1v) is 10.7. The summed E-state index contributed by atoms with van der Waals surface area (Å²) in [5, 5.41) is 1.77. The fourth-order valence-electron chi connectivity index (χ4n) is 3.14. The molecule has 0 spiro atoms. The van der Waals surface area contributed by atoms with Crippen molar-refractivity contribution < 1.29 is 4.79 Å². The molecule has 1 saturated heterocycles. The van der Waals surface area contributed by atoms with Crippen LogP contribution in [0, 0.1) is 6.92 Å². The highest BCUT2D eigenvalue weighted by atomic mass is 32.2. The Morgan fingerprint density at radius 3 is 2.33 bits per heavy atom. The highest BCUT2D eigenvalue weighted by molar-refractivity contribution is 8.19. The number of carbonyl (C=O) groups excluding carboxylic acids is 1. The topological polar surface area (TPSA) is 35.9 Å². The molecule has 0 bridgehead atoms. The number of para-hydroxylation sites is 1. The maximum absolute atomic E-state index is 13.1. The monoisotopic (exact) mass is 395 g/mol. The van der Waals surface area contributed by atoms with Gasteiger partial charge in [-0.25, -0.2) is 4.99 Å². The minimum atomic E-state index is 0.0436. The summed E-state index contributed by atoms with van der Waals surface area (Å²) in [6.07, 6.45) is 0. The fraction of sp³-hybridized carbons (Fsp3) is 0.238. The lowest BCUT2D eigenvalue weighted by Crippen LogP contribution is -2.29. The van der Waals surface area contributed by atoms with Crippen molar-refractivity contribution in [3.05, 3.63) is 64.0 Å². The van der Waals surface area contributed by atoms with Gasteiger partial charge in [-0.2, -0.15) is 0 Å². The van der Waals surface area contributed by atoms with Crippen LogP contribution in [0.1, 0.15) is 19.4 Å². The van der Waals surface area contributed by atoms with Crippen LogP contribution < -0.4 is 4.90 Å². The van der Waals surface area contributed by atoms with Gasteiger partial charge in [0.15, 0.2) is 5.17 Å². The van der Waals surface area contributed by atoms with Crippen LogP contribution in [0.5, 0.6) is 0 Å². The average molecular weight is 396 g/mol. The molecule has 2 aliphatic heterocycles. The molecule has 1 amide bonds. The van der Waals surface area contributed by atoms with Crippen LogP contribution in [0.4, 0.5) is 11.4 Å². The Bertz CT molecular complexity index is 950. The van der Waals surface area contributed by atoms with E-state index in [-0.39, 0.29) is 5.91 Å². The number of thioether (sulfide) groups is 2. The van der Waals surface area contributed by atoms with Crippen molar-refractivity contribution in [2.24, 2.45) is 4.99 Å². The highest BCUT2D eigenvalue weighted by Crippen LogP contribution is 2.50. The van der Waals surface area contributed by atoms with Gasteiger partial charge in [-0.1, -0.05) is 41.6 Å². The quantitative estimate of drug-likeness (QED) is 0.654. The summed E-state index contributed by atoms with van der Waals surface area (Å²) in [4.78, 5) is 23.8. The molecule has 0 unspecified atom stereocenters. The van der Waals surface area contributed by atoms with Gasteiger partial charge >= 0.3 is 0 Å². The maximum atomic E-state index is 13.1. The number of carbonyl (C=O) groups is 1. The second-order valence-electron chi connectivity index (χ2n) is 6.33. The first-order valence-electron chi connectivity index (χ1n) is 9.06. The molecule has 0 aliphatic carbocycles. The number of aliphatic imine (C=N–C) groups is 1. The van der Waals surface area contributed by atoms with E-state index in [9.17, 15) is 4.79 Å². The second kappa shape index (κ2) is 7.44. The number of hydrogen-bond acceptors (Lipinski definition) is 5. The Morgan fingerprint density at radius 1 is 0.926 bits per heavy atom. The third-order valence-electron chi connectivity index (χ3n) is 4.56. The van der Waals surface area contributed by atoms with Crippen LogP contribution >= 0.6 is 23.5 Å². The molecule has 2 aromatic carbocycles. The molecule has 2 heterocycles. The molecule has 2 aliphatic rings. The molecule has 6 heteroatoms. The van der Waals surface area contributed by atoms with Gasteiger partial charge in [-0.15, -0.1) is 0 Å². The van der Waals surface area contributed by atoms with Gasteiger partial charge in [0, 0.05) is 18.0 Å². The Hall–Kier alpha value is -2.18. The Kier molecular flexibility index (Phi) is 5.02. The molecular weight excluding hydrogens is 374 g/mol. The molecule has 1 fully saturated rings. The normalized spacial score (nSPS) is 20.7. The number of hydrogen-bond donors (Lipinski definition) is 0. The molecule has 2 aromatic rings. The zero-order valence-corrected chi connectivity index (χ0v) is 17.2. The zero-order chi connectivity index (χ0) is 19.0. The van der Waals surface area contributed by atoms with Crippen molar-refractivity contribution in [1.82, 2.24) is 4.90 Å². The predicted octanol–water partition coefficient (Wildman–Crippen LogP) is 5.38. The fourth-order valence-corrected chi connectivity index (χ4v) is 5.60. The largest absolute Gasteiger partial charge is 0.334 e. The van der Waals surface area contributed by atoms with Crippen molar-refractivity contribution in [3.63, 3.8) is 0 Å². The van der Waals surface area contributed by atoms with Crippen LogP contribution in [0.25, 0.3) is 0 Å². The van der Waals surface area contributed by atoms with E-state index < -0.39 is 0 Å². The molecule has 0 atom stereocenters. The van der Waals surface area contributed by atoms with Crippen LogP contribution in [0.15, 0.2) is 68.4 Å². The number of fused-ring (bicyclic) bond motifs is 1.